The number of aromatic amines is 1. The predicted molar refractivity (Wildman–Crippen MR) is 65.9 cm³/mol. The van der Waals surface area contributed by atoms with E-state index in [9.17, 15) is 9.59 Å². The van der Waals surface area contributed by atoms with Gasteiger partial charge in [-0.3, -0.25) is 14.6 Å². The SMILES string of the molecule is Cc1cc(C)n(CC(=O)Nc2cc(C(=O)O)[nH]n2)n1. The summed E-state index contributed by atoms with van der Waals surface area (Å²) in [6.07, 6.45) is 0. The van der Waals surface area contributed by atoms with Gasteiger partial charge in [0.15, 0.2) is 5.82 Å². The number of aromatic nitrogens is 4. The molecule has 0 aromatic carbocycles. The summed E-state index contributed by atoms with van der Waals surface area (Å²) < 4.78 is 1.56. The fourth-order valence-corrected chi connectivity index (χ4v) is 1.65. The number of hydrogen-bond donors (Lipinski definition) is 3. The molecule has 2 rings (SSSR count). The van der Waals surface area contributed by atoms with Gasteiger partial charge >= 0.3 is 5.97 Å². The van der Waals surface area contributed by atoms with E-state index >= 15 is 0 Å². The molecule has 2 aromatic rings. The zero-order valence-corrected chi connectivity index (χ0v) is 10.5. The minimum atomic E-state index is -1.13. The van der Waals surface area contributed by atoms with Crippen LogP contribution in [0.25, 0.3) is 0 Å². The number of carboxylic acid groups (broad SMARTS) is 1. The maximum absolute atomic E-state index is 11.7. The highest BCUT2D eigenvalue weighted by Gasteiger charge is 2.11. The van der Waals surface area contributed by atoms with Crippen LogP contribution in [0, 0.1) is 13.8 Å². The molecule has 2 aromatic heterocycles. The average Bonchev–Trinajstić information content (AvgIpc) is 2.87. The molecule has 0 fully saturated rings. The predicted octanol–water partition coefficient (Wildman–Crippen LogP) is 0.560. The number of carbonyl (C=O) groups is 2. The number of amides is 1. The van der Waals surface area contributed by atoms with Gasteiger partial charge in [-0.15, -0.1) is 0 Å². The van der Waals surface area contributed by atoms with Crippen molar-refractivity contribution in [2.45, 2.75) is 20.4 Å². The zero-order chi connectivity index (χ0) is 14.0. The maximum atomic E-state index is 11.7. The molecule has 0 spiro atoms. The van der Waals surface area contributed by atoms with Crippen LogP contribution in [0.3, 0.4) is 0 Å². The van der Waals surface area contributed by atoms with Gasteiger partial charge in [0.05, 0.1) is 5.69 Å². The van der Waals surface area contributed by atoms with Crippen LogP contribution in [-0.4, -0.2) is 37.0 Å². The highest BCUT2D eigenvalue weighted by Crippen LogP contribution is 2.06. The first-order chi connectivity index (χ1) is 8.95. The lowest BCUT2D eigenvalue weighted by atomic mass is 10.4. The highest BCUT2D eigenvalue weighted by molar-refractivity contribution is 5.92. The Morgan fingerprint density at radius 1 is 1.42 bits per heavy atom. The Balaban J connectivity index is 2.01. The lowest BCUT2D eigenvalue weighted by Gasteiger charge is -2.03. The van der Waals surface area contributed by atoms with E-state index in [1.54, 1.807) is 4.68 Å². The summed E-state index contributed by atoms with van der Waals surface area (Å²) in [5.74, 6) is -1.29. The van der Waals surface area contributed by atoms with Crippen LogP contribution in [0.15, 0.2) is 12.1 Å². The number of aryl methyl sites for hydroxylation is 2. The van der Waals surface area contributed by atoms with Crippen molar-refractivity contribution in [1.82, 2.24) is 20.0 Å². The molecule has 0 aliphatic carbocycles. The summed E-state index contributed by atoms with van der Waals surface area (Å²) in [7, 11) is 0. The van der Waals surface area contributed by atoms with Gasteiger partial charge in [-0.2, -0.15) is 10.2 Å². The first kappa shape index (κ1) is 12.8. The van der Waals surface area contributed by atoms with Gasteiger partial charge in [-0.1, -0.05) is 0 Å². The van der Waals surface area contributed by atoms with E-state index in [-0.39, 0.29) is 24.0 Å². The lowest BCUT2D eigenvalue weighted by Crippen LogP contribution is -2.20. The minimum absolute atomic E-state index is 0.0505. The number of carbonyl (C=O) groups excluding carboxylic acids is 1. The molecule has 8 heteroatoms. The second kappa shape index (κ2) is 4.92. The molecule has 0 bridgehead atoms. The van der Waals surface area contributed by atoms with Crippen molar-refractivity contribution in [1.29, 1.82) is 0 Å². The number of hydrogen-bond acceptors (Lipinski definition) is 4. The number of anilines is 1. The molecule has 2 heterocycles. The standard InChI is InChI=1S/C11H13N5O3/c1-6-3-7(2)16(15-6)5-10(17)12-9-4-8(11(18)19)13-14-9/h3-4H,5H2,1-2H3,(H,18,19)(H2,12,13,14,17). The van der Waals surface area contributed by atoms with Gasteiger partial charge < -0.3 is 10.4 Å². The summed E-state index contributed by atoms with van der Waals surface area (Å²) in [5.41, 5.74) is 1.63. The summed E-state index contributed by atoms with van der Waals surface area (Å²) in [5, 5.41) is 21.3. The van der Waals surface area contributed by atoms with E-state index in [2.05, 4.69) is 20.6 Å². The van der Waals surface area contributed by atoms with E-state index < -0.39 is 5.97 Å². The molecule has 100 valence electrons. The number of carboxylic acids is 1. The normalized spacial score (nSPS) is 10.4. The third-order valence-corrected chi connectivity index (χ3v) is 2.47. The monoisotopic (exact) mass is 263 g/mol. The van der Waals surface area contributed by atoms with E-state index in [0.717, 1.165) is 11.4 Å². The molecule has 0 aliphatic rings. The van der Waals surface area contributed by atoms with Gasteiger partial charge in [-0.05, 0) is 19.9 Å². The van der Waals surface area contributed by atoms with Crippen LogP contribution in [0.1, 0.15) is 21.9 Å². The third kappa shape index (κ3) is 2.97. The Hall–Kier alpha value is -2.64. The van der Waals surface area contributed by atoms with Crippen molar-refractivity contribution in [2.24, 2.45) is 0 Å². The number of nitrogens with one attached hydrogen (secondary N) is 2. The summed E-state index contributed by atoms with van der Waals surface area (Å²) >= 11 is 0. The van der Waals surface area contributed by atoms with Crippen molar-refractivity contribution >= 4 is 17.7 Å². The Bertz CT molecular complexity index is 628. The van der Waals surface area contributed by atoms with Crippen molar-refractivity contribution in [3.05, 3.63) is 29.2 Å². The van der Waals surface area contributed by atoms with E-state index in [4.69, 9.17) is 5.11 Å². The topological polar surface area (TPSA) is 113 Å². The van der Waals surface area contributed by atoms with E-state index in [0.29, 0.717) is 0 Å². The molecule has 0 unspecified atom stereocenters. The molecule has 0 atom stereocenters. The molecular weight excluding hydrogens is 250 g/mol. The van der Waals surface area contributed by atoms with Crippen LogP contribution in [0.5, 0.6) is 0 Å². The number of nitrogens with zero attached hydrogens (tertiary/aromatic N) is 3. The van der Waals surface area contributed by atoms with Crippen molar-refractivity contribution in [3.63, 3.8) is 0 Å². The first-order valence-electron chi connectivity index (χ1n) is 5.55. The average molecular weight is 263 g/mol. The number of H-pyrrole nitrogens is 1. The van der Waals surface area contributed by atoms with Crippen LogP contribution < -0.4 is 5.32 Å². The van der Waals surface area contributed by atoms with Crippen LogP contribution in [-0.2, 0) is 11.3 Å². The molecule has 0 aliphatic heterocycles. The van der Waals surface area contributed by atoms with Gasteiger partial charge in [0, 0.05) is 11.8 Å². The molecule has 8 nitrogen and oxygen atoms in total. The third-order valence-electron chi connectivity index (χ3n) is 2.47. The largest absolute Gasteiger partial charge is 0.477 e. The van der Waals surface area contributed by atoms with Crippen LogP contribution in [0.4, 0.5) is 5.82 Å². The minimum Gasteiger partial charge on any atom is -0.477 e. The van der Waals surface area contributed by atoms with Crippen molar-refractivity contribution < 1.29 is 14.7 Å². The molecule has 19 heavy (non-hydrogen) atoms. The molecule has 0 saturated heterocycles. The summed E-state index contributed by atoms with van der Waals surface area (Å²) in [4.78, 5) is 22.4. The van der Waals surface area contributed by atoms with Gasteiger partial charge in [0.1, 0.15) is 12.2 Å². The fourth-order valence-electron chi connectivity index (χ4n) is 1.65. The van der Waals surface area contributed by atoms with E-state index in [1.807, 2.05) is 19.9 Å². The van der Waals surface area contributed by atoms with Crippen LogP contribution >= 0.6 is 0 Å². The Labute approximate surface area is 108 Å². The Kier molecular flexibility index (Phi) is 3.32. The highest BCUT2D eigenvalue weighted by atomic mass is 16.4. The smallest absolute Gasteiger partial charge is 0.353 e. The number of aromatic carboxylic acids is 1. The molecule has 0 radical (unpaired) electrons. The van der Waals surface area contributed by atoms with Crippen molar-refractivity contribution in [2.75, 3.05) is 5.32 Å². The lowest BCUT2D eigenvalue weighted by molar-refractivity contribution is -0.117. The van der Waals surface area contributed by atoms with Crippen LogP contribution in [0.2, 0.25) is 0 Å². The summed E-state index contributed by atoms with van der Waals surface area (Å²) in [6.45, 7) is 3.74. The Morgan fingerprint density at radius 2 is 2.16 bits per heavy atom. The number of rotatable bonds is 4. The maximum Gasteiger partial charge on any atom is 0.353 e. The van der Waals surface area contributed by atoms with E-state index in [1.165, 1.54) is 6.07 Å². The molecular formula is C11H13N5O3. The second-order valence-corrected chi connectivity index (χ2v) is 4.10. The fraction of sp³-hybridized carbons (Fsp3) is 0.273. The molecule has 0 saturated carbocycles. The van der Waals surface area contributed by atoms with Crippen molar-refractivity contribution in [3.8, 4) is 0 Å². The van der Waals surface area contributed by atoms with Gasteiger partial charge in [0.2, 0.25) is 5.91 Å². The second-order valence-electron chi connectivity index (χ2n) is 4.10. The molecule has 1 amide bonds. The van der Waals surface area contributed by atoms with Gasteiger partial charge in [0.25, 0.3) is 0 Å². The Morgan fingerprint density at radius 3 is 2.68 bits per heavy atom. The quantitative estimate of drug-likeness (QED) is 0.746. The van der Waals surface area contributed by atoms with Gasteiger partial charge in [-0.25, -0.2) is 4.79 Å². The first-order valence-corrected chi connectivity index (χ1v) is 5.55. The molecule has 3 N–H and O–H groups in total. The summed E-state index contributed by atoms with van der Waals surface area (Å²) in [6, 6.07) is 3.12. The zero-order valence-electron chi connectivity index (χ0n) is 10.5.